The zero-order valence-electron chi connectivity index (χ0n) is 13.2. The molecule has 3 nitrogen and oxygen atoms in total. The monoisotopic (exact) mass is 326 g/mol. The number of para-hydroxylation sites is 2. The van der Waals surface area contributed by atoms with Gasteiger partial charge < -0.3 is 13.7 Å². The molecule has 0 saturated carbocycles. The predicted octanol–water partition coefficient (Wildman–Crippen LogP) is 4.18. The molecular formula is C13H24BO3PSi2. The van der Waals surface area contributed by atoms with E-state index in [0.717, 1.165) is 11.5 Å². The summed E-state index contributed by atoms with van der Waals surface area (Å²) in [7, 11) is -2.58. The van der Waals surface area contributed by atoms with Gasteiger partial charge in [0.25, 0.3) is 0 Å². The maximum atomic E-state index is 5.95. The number of rotatable bonds is 5. The molecule has 7 heteroatoms. The number of hydrogen-bond acceptors (Lipinski definition) is 3. The van der Waals surface area contributed by atoms with Gasteiger partial charge in [0.2, 0.25) is 0 Å². The molecule has 1 unspecified atom stereocenters. The van der Waals surface area contributed by atoms with Crippen molar-refractivity contribution in [1.29, 1.82) is 0 Å². The Kier molecular flexibility index (Phi) is 4.69. The minimum Gasteiger partial charge on any atom is -0.498 e. The van der Waals surface area contributed by atoms with Gasteiger partial charge in [-0.05, 0) is 17.0 Å². The third-order valence-corrected chi connectivity index (χ3v) is 18.4. The van der Waals surface area contributed by atoms with Gasteiger partial charge in [0, 0.05) is 8.81 Å². The molecule has 1 aliphatic heterocycles. The first kappa shape index (κ1) is 16.1. The Hall–Kier alpha value is -0.291. The van der Waals surface area contributed by atoms with Gasteiger partial charge in [-0.2, -0.15) is 0 Å². The highest BCUT2D eigenvalue weighted by atomic mass is 31.1. The summed E-state index contributed by atoms with van der Waals surface area (Å²) < 4.78 is 17.3. The summed E-state index contributed by atoms with van der Waals surface area (Å²) in [6.07, 6.45) is 0. The molecule has 0 radical (unpaired) electrons. The maximum absolute atomic E-state index is 5.95. The summed E-state index contributed by atoms with van der Waals surface area (Å²) in [4.78, 5) is 0.714. The normalized spacial score (nSPS) is 15.7. The molecule has 1 atom stereocenters. The molecule has 0 aromatic heterocycles. The van der Waals surface area contributed by atoms with Crippen LogP contribution in [0.4, 0.5) is 0 Å². The van der Waals surface area contributed by atoms with Gasteiger partial charge in [0.05, 0.1) is 16.1 Å². The third kappa shape index (κ3) is 3.88. The third-order valence-electron chi connectivity index (χ3n) is 3.31. The lowest BCUT2D eigenvalue weighted by atomic mass is 10.3. The Morgan fingerprint density at radius 2 is 1.40 bits per heavy atom. The standard InChI is InChI=1S/C13H24BO3PSi2/c1-19(2,3)13(20(4,5)6)18-17-14-15-11-9-7-8-10-12(11)16-14/h7-10,13,18H,1-6H3. The van der Waals surface area contributed by atoms with E-state index in [4.69, 9.17) is 13.7 Å². The van der Waals surface area contributed by atoms with Crippen molar-refractivity contribution >= 4 is 32.3 Å². The average Bonchev–Trinajstić information content (AvgIpc) is 2.67. The highest BCUT2D eigenvalue weighted by Crippen LogP contribution is 2.39. The topological polar surface area (TPSA) is 27.7 Å². The minimum atomic E-state index is -1.24. The molecule has 0 fully saturated rings. The average molecular weight is 326 g/mol. The van der Waals surface area contributed by atoms with Crippen molar-refractivity contribution in [2.24, 2.45) is 0 Å². The highest BCUT2D eigenvalue weighted by molar-refractivity contribution is 7.45. The summed E-state index contributed by atoms with van der Waals surface area (Å²) in [6.45, 7) is 14.6. The molecule has 1 heterocycles. The number of fused-ring (bicyclic) bond motifs is 1. The van der Waals surface area contributed by atoms with E-state index < -0.39 is 23.5 Å². The first-order valence-corrected chi connectivity index (χ1v) is 15.2. The van der Waals surface area contributed by atoms with Crippen molar-refractivity contribution in [1.82, 2.24) is 0 Å². The van der Waals surface area contributed by atoms with Crippen LogP contribution in [0.15, 0.2) is 24.3 Å². The van der Waals surface area contributed by atoms with E-state index in [1.807, 2.05) is 24.3 Å². The minimum absolute atomic E-state index is 0.461. The molecule has 0 spiro atoms. The predicted molar refractivity (Wildman–Crippen MR) is 93.3 cm³/mol. The zero-order valence-corrected chi connectivity index (χ0v) is 16.2. The molecule has 0 bridgehead atoms. The van der Waals surface area contributed by atoms with Crippen molar-refractivity contribution in [3.05, 3.63) is 24.3 Å². The van der Waals surface area contributed by atoms with Crippen LogP contribution in [0.3, 0.4) is 0 Å². The molecule has 2 rings (SSSR count). The second-order valence-electron chi connectivity index (χ2n) is 7.37. The fourth-order valence-electron chi connectivity index (χ4n) is 2.70. The first-order chi connectivity index (χ1) is 9.18. The molecule has 110 valence electrons. The molecule has 0 aliphatic carbocycles. The first-order valence-electron chi connectivity index (χ1n) is 7.01. The van der Waals surface area contributed by atoms with Gasteiger partial charge in [-0.3, -0.25) is 0 Å². The Morgan fingerprint density at radius 3 is 1.80 bits per heavy atom. The molecule has 1 aromatic rings. The second-order valence-corrected chi connectivity index (χ2v) is 20.8. The summed E-state index contributed by atoms with van der Waals surface area (Å²) in [5.41, 5.74) is 0. The van der Waals surface area contributed by atoms with Crippen LogP contribution in [0.25, 0.3) is 0 Å². The van der Waals surface area contributed by atoms with Gasteiger partial charge in [-0.25, -0.2) is 0 Å². The SMILES string of the molecule is C[Si](C)(C)C(POB1Oc2ccccc2O1)[Si](C)(C)C. The Morgan fingerprint density at radius 1 is 0.950 bits per heavy atom. The van der Waals surface area contributed by atoms with Crippen LogP contribution in [0.5, 0.6) is 11.5 Å². The van der Waals surface area contributed by atoms with Crippen LogP contribution in [0.2, 0.25) is 39.3 Å². The molecule has 0 N–H and O–H groups in total. The van der Waals surface area contributed by atoms with E-state index in [0.29, 0.717) is 13.7 Å². The number of hydrogen-bond donors (Lipinski definition) is 0. The van der Waals surface area contributed by atoms with Crippen LogP contribution in [-0.4, -0.2) is 28.4 Å². The Balaban J connectivity index is 1.96. The van der Waals surface area contributed by atoms with Gasteiger partial charge in [0.15, 0.2) is 0 Å². The van der Waals surface area contributed by atoms with E-state index in [2.05, 4.69) is 39.3 Å². The molecule has 1 aromatic carbocycles. The fraction of sp³-hybridized carbons (Fsp3) is 0.538. The summed E-state index contributed by atoms with van der Waals surface area (Å²) in [5, 5.41) is 0. The van der Waals surface area contributed by atoms with E-state index in [1.165, 1.54) is 0 Å². The van der Waals surface area contributed by atoms with E-state index in [-0.39, 0.29) is 0 Å². The Labute approximate surface area is 126 Å². The van der Waals surface area contributed by atoms with Crippen molar-refractivity contribution in [3.8, 4) is 11.5 Å². The Bertz CT molecular complexity index is 434. The molecule has 0 saturated heterocycles. The summed E-state index contributed by atoms with van der Waals surface area (Å²) in [5.74, 6) is 1.56. The fourth-order valence-corrected chi connectivity index (χ4v) is 16.7. The second kappa shape index (κ2) is 5.84. The van der Waals surface area contributed by atoms with Crippen molar-refractivity contribution < 1.29 is 13.7 Å². The quantitative estimate of drug-likeness (QED) is 0.600. The van der Waals surface area contributed by atoms with Gasteiger partial charge in [-0.1, -0.05) is 51.4 Å². The zero-order chi connectivity index (χ0) is 15.0. The van der Waals surface area contributed by atoms with Crippen molar-refractivity contribution in [2.75, 3.05) is 0 Å². The van der Waals surface area contributed by atoms with Crippen molar-refractivity contribution in [3.63, 3.8) is 0 Å². The van der Waals surface area contributed by atoms with Crippen LogP contribution >= 0.6 is 8.81 Å². The van der Waals surface area contributed by atoms with Gasteiger partial charge in [-0.15, -0.1) is 0 Å². The lowest BCUT2D eigenvalue weighted by molar-refractivity contribution is 0.374. The van der Waals surface area contributed by atoms with Crippen LogP contribution in [0, 0.1) is 0 Å². The lowest BCUT2D eigenvalue weighted by Crippen LogP contribution is -2.51. The van der Waals surface area contributed by atoms with Gasteiger partial charge in [0.1, 0.15) is 11.5 Å². The summed E-state index contributed by atoms with van der Waals surface area (Å²) >= 11 is 0. The van der Waals surface area contributed by atoms with Crippen LogP contribution in [-0.2, 0) is 4.44 Å². The maximum Gasteiger partial charge on any atom is 0.791 e. The highest BCUT2D eigenvalue weighted by Gasteiger charge is 2.42. The largest absolute Gasteiger partial charge is 0.791 e. The lowest BCUT2D eigenvalue weighted by Gasteiger charge is -2.37. The van der Waals surface area contributed by atoms with Gasteiger partial charge >= 0.3 is 7.32 Å². The summed E-state index contributed by atoms with van der Waals surface area (Å²) in [6, 6.07) is 7.71. The van der Waals surface area contributed by atoms with E-state index >= 15 is 0 Å². The number of benzene rings is 1. The van der Waals surface area contributed by atoms with Crippen LogP contribution < -0.4 is 9.31 Å². The molecular weight excluding hydrogens is 302 g/mol. The smallest absolute Gasteiger partial charge is 0.498 e. The van der Waals surface area contributed by atoms with Crippen molar-refractivity contribution in [2.45, 2.75) is 44.2 Å². The van der Waals surface area contributed by atoms with E-state index in [9.17, 15) is 0 Å². The molecule has 1 aliphatic rings. The molecule has 20 heavy (non-hydrogen) atoms. The van der Waals surface area contributed by atoms with E-state index in [1.54, 1.807) is 0 Å². The van der Waals surface area contributed by atoms with Crippen LogP contribution in [0.1, 0.15) is 0 Å². The molecule has 0 amide bonds.